The molecule has 0 bridgehead atoms. The van der Waals surface area contributed by atoms with Crippen LogP contribution in [0, 0.1) is 6.92 Å². The summed E-state index contributed by atoms with van der Waals surface area (Å²) in [6, 6.07) is 14.7. The van der Waals surface area contributed by atoms with Crippen LogP contribution in [0.25, 0.3) is 10.9 Å². The molecule has 3 heterocycles. The van der Waals surface area contributed by atoms with Crippen LogP contribution >= 0.6 is 11.6 Å². The van der Waals surface area contributed by atoms with Crippen LogP contribution in [0.15, 0.2) is 53.3 Å². The molecular formula is C25H22ClN5O3. The van der Waals surface area contributed by atoms with E-state index in [-0.39, 0.29) is 22.4 Å². The molecular weight excluding hydrogens is 454 g/mol. The number of aromatic amines is 1. The quantitative estimate of drug-likeness (QED) is 0.359. The predicted molar refractivity (Wildman–Crippen MR) is 132 cm³/mol. The van der Waals surface area contributed by atoms with Gasteiger partial charge in [-0.15, -0.1) is 0 Å². The molecule has 0 unspecified atom stereocenters. The summed E-state index contributed by atoms with van der Waals surface area (Å²) in [4.78, 5) is 38.5. The molecule has 8 nitrogen and oxygen atoms in total. The number of nitrogens with zero attached hydrogens (tertiary/aromatic N) is 3. The molecule has 1 aliphatic heterocycles. The van der Waals surface area contributed by atoms with Crippen molar-refractivity contribution in [2.75, 3.05) is 10.2 Å². The summed E-state index contributed by atoms with van der Waals surface area (Å²) in [6.45, 7) is 5.13. The summed E-state index contributed by atoms with van der Waals surface area (Å²) in [5.41, 5.74) is 4.62. The number of aromatic nitrogens is 3. The zero-order valence-electron chi connectivity index (χ0n) is 18.6. The summed E-state index contributed by atoms with van der Waals surface area (Å²) in [5, 5.41) is 13.3. The third-order valence-corrected chi connectivity index (χ3v) is 6.22. The van der Waals surface area contributed by atoms with Crippen molar-refractivity contribution >= 4 is 40.1 Å². The van der Waals surface area contributed by atoms with Crippen molar-refractivity contribution < 1.29 is 9.90 Å². The van der Waals surface area contributed by atoms with Gasteiger partial charge in [-0.05, 0) is 48.7 Å². The molecule has 2 aromatic heterocycles. The molecule has 3 N–H and O–H groups in total. The highest BCUT2D eigenvalue weighted by Gasteiger charge is 2.23. The normalized spacial score (nSPS) is 13.7. The predicted octanol–water partition coefficient (Wildman–Crippen LogP) is 4.67. The SMILES string of the molecule is Cc1cc([C@@H](C)Nc2ccc(Cl)nc2C(=O)O)c2nc(N3Cc4ccccc4C3)[nH]c(=O)c2c1. The first-order chi connectivity index (χ1) is 16.3. The number of carboxylic acids is 1. The Labute approximate surface area is 200 Å². The minimum Gasteiger partial charge on any atom is -0.476 e. The number of halogens is 1. The molecule has 5 rings (SSSR count). The zero-order valence-corrected chi connectivity index (χ0v) is 19.3. The van der Waals surface area contributed by atoms with E-state index in [9.17, 15) is 14.7 Å². The lowest BCUT2D eigenvalue weighted by Crippen LogP contribution is -2.23. The minimum absolute atomic E-state index is 0.0982. The number of carbonyl (C=O) groups is 1. The number of hydrogen-bond donors (Lipinski definition) is 3. The number of pyridine rings is 1. The molecule has 0 fully saturated rings. The van der Waals surface area contributed by atoms with E-state index in [1.165, 1.54) is 17.2 Å². The maximum Gasteiger partial charge on any atom is 0.356 e. The van der Waals surface area contributed by atoms with E-state index in [0.29, 0.717) is 35.6 Å². The van der Waals surface area contributed by atoms with E-state index in [4.69, 9.17) is 16.6 Å². The number of fused-ring (bicyclic) bond motifs is 2. The van der Waals surface area contributed by atoms with Gasteiger partial charge in [-0.1, -0.05) is 41.9 Å². The molecule has 0 radical (unpaired) electrons. The maximum absolute atomic E-state index is 13.1. The number of aromatic carboxylic acids is 1. The fraction of sp³-hybridized carbons (Fsp3) is 0.200. The molecule has 9 heteroatoms. The van der Waals surface area contributed by atoms with E-state index >= 15 is 0 Å². The van der Waals surface area contributed by atoms with Gasteiger partial charge >= 0.3 is 5.97 Å². The van der Waals surface area contributed by atoms with Gasteiger partial charge in [-0.25, -0.2) is 14.8 Å². The van der Waals surface area contributed by atoms with E-state index in [0.717, 1.165) is 11.1 Å². The number of hydrogen-bond acceptors (Lipinski definition) is 6. The Morgan fingerprint density at radius 3 is 2.53 bits per heavy atom. The first-order valence-corrected chi connectivity index (χ1v) is 11.2. The van der Waals surface area contributed by atoms with E-state index in [1.807, 2.05) is 43.0 Å². The van der Waals surface area contributed by atoms with Gasteiger partial charge in [0, 0.05) is 18.7 Å². The molecule has 0 spiro atoms. The molecule has 0 saturated carbocycles. The highest BCUT2D eigenvalue weighted by Crippen LogP contribution is 2.30. The highest BCUT2D eigenvalue weighted by atomic mass is 35.5. The summed E-state index contributed by atoms with van der Waals surface area (Å²) in [7, 11) is 0. The first kappa shape index (κ1) is 21.9. The Kier molecular flexibility index (Phi) is 5.45. The standard InChI is InChI=1S/C25H22ClN5O3/c1-13-9-17(14(2)27-19-7-8-20(26)28-22(19)24(33)34)21-18(10-13)23(32)30-25(29-21)31-11-15-5-3-4-6-16(15)12-31/h3-10,14,27H,11-12H2,1-2H3,(H,33,34)(H,29,30,32)/t14-/m1/s1. The molecule has 0 aliphatic carbocycles. The van der Waals surface area contributed by atoms with Crippen molar-refractivity contribution in [2.24, 2.45) is 0 Å². The van der Waals surface area contributed by atoms with Crippen LogP contribution in [0.1, 0.15) is 45.7 Å². The number of carboxylic acid groups (broad SMARTS) is 1. The molecule has 0 amide bonds. The Balaban J connectivity index is 1.56. The van der Waals surface area contributed by atoms with Crippen molar-refractivity contribution in [3.63, 3.8) is 0 Å². The number of anilines is 2. The van der Waals surface area contributed by atoms with Crippen molar-refractivity contribution in [3.05, 3.63) is 92.0 Å². The van der Waals surface area contributed by atoms with Gasteiger partial charge in [-0.2, -0.15) is 0 Å². The Bertz CT molecular complexity index is 1480. The number of aryl methyl sites for hydroxylation is 1. The van der Waals surface area contributed by atoms with E-state index in [2.05, 4.69) is 27.4 Å². The lowest BCUT2D eigenvalue weighted by molar-refractivity contribution is 0.0691. The lowest BCUT2D eigenvalue weighted by atomic mass is 10.0. The van der Waals surface area contributed by atoms with Crippen LogP contribution in [0.3, 0.4) is 0 Å². The van der Waals surface area contributed by atoms with Gasteiger partial charge in [0.25, 0.3) is 5.56 Å². The van der Waals surface area contributed by atoms with E-state index in [1.54, 1.807) is 6.07 Å². The number of H-pyrrole nitrogens is 1. The molecule has 34 heavy (non-hydrogen) atoms. The minimum atomic E-state index is -1.18. The number of nitrogens with one attached hydrogen (secondary N) is 2. The van der Waals surface area contributed by atoms with Gasteiger partial charge in [0.2, 0.25) is 5.95 Å². The van der Waals surface area contributed by atoms with Crippen molar-refractivity contribution in [1.82, 2.24) is 15.0 Å². The van der Waals surface area contributed by atoms with Crippen molar-refractivity contribution in [3.8, 4) is 0 Å². The second kappa shape index (κ2) is 8.46. The van der Waals surface area contributed by atoms with Gasteiger partial charge < -0.3 is 15.3 Å². The van der Waals surface area contributed by atoms with Crippen molar-refractivity contribution in [2.45, 2.75) is 33.0 Å². The fourth-order valence-electron chi connectivity index (χ4n) is 4.40. The van der Waals surface area contributed by atoms with Gasteiger partial charge in [-0.3, -0.25) is 9.78 Å². The van der Waals surface area contributed by atoms with Crippen LogP contribution in [0.2, 0.25) is 5.15 Å². The molecule has 0 saturated heterocycles. The Morgan fingerprint density at radius 1 is 1.15 bits per heavy atom. The highest BCUT2D eigenvalue weighted by molar-refractivity contribution is 6.29. The van der Waals surface area contributed by atoms with E-state index < -0.39 is 5.97 Å². The molecule has 1 aliphatic rings. The maximum atomic E-state index is 13.1. The van der Waals surface area contributed by atoms with Crippen LogP contribution in [-0.4, -0.2) is 26.0 Å². The third-order valence-electron chi connectivity index (χ3n) is 6.01. The molecule has 1 atom stereocenters. The largest absolute Gasteiger partial charge is 0.476 e. The average molecular weight is 476 g/mol. The summed E-state index contributed by atoms with van der Waals surface area (Å²) < 4.78 is 0. The van der Waals surface area contributed by atoms with Gasteiger partial charge in [0.15, 0.2) is 5.69 Å². The Hall–Kier alpha value is -3.91. The smallest absolute Gasteiger partial charge is 0.356 e. The number of rotatable bonds is 5. The average Bonchev–Trinajstić information content (AvgIpc) is 3.24. The second-order valence-electron chi connectivity index (χ2n) is 8.47. The monoisotopic (exact) mass is 475 g/mol. The van der Waals surface area contributed by atoms with Crippen LogP contribution in [0.4, 0.5) is 11.6 Å². The number of benzene rings is 2. The molecule has 4 aromatic rings. The lowest BCUT2D eigenvalue weighted by Gasteiger charge is -2.21. The Morgan fingerprint density at radius 2 is 1.85 bits per heavy atom. The molecule has 172 valence electrons. The van der Waals surface area contributed by atoms with Crippen LogP contribution in [0.5, 0.6) is 0 Å². The fourth-order valence-corrected chi connectivity index (χ4v) is 4.54. The van der Waals surface area contributed by atoms with Gasteiger partial charge in [0.1, 0.15) is 5.15 Å². The van der Waals surface area contributed by atoms with Crippen molar-refractivity contribution in [1.29, 1.82) is 0 Å². The summed E-state index contributed by atoms with van der Waals surface area (Å²) >= 11 is 5.89. The first-order valence-electron chi connectivity index (χ1n) is 10.8. The summed E-state index contributed by atoms with van der Waals surface area (Å²) in [5.74, 6) is -0.679. The topological polar surface area (TPSA) is 111 Å². The zero-order chi connectivity index (χ0) is 24.0. The van der Waals surface area contributed by atoms with Gasteiger partial charge in [0.05, 0.1) is 22.6 Å². The summed E-state index contributed by atoms with van der Waals surface area (Å²) in [6.07, 6.45) is 0. The third kappa shape index (κ3) is 3.97. The van der Waals surface area contributed by atoms with Crippen LogP contribution < -0.4 is 15.8 Å². The molecule has 2 aromatic carbocycles. The second-order valence-corrected chi connectivity index (χ2v) is 8.85. The van der Waals surface area contributed by atoms with Crippen LogP contribution in [-0.2, 0) is 13.1 Å².